The fourth-order valence-electron chi connectivity index (χ4n) is 2.58. The normalized spacial score (nSPS) is 11.6. The Hall–Kier alpha value is -2.21. The van der Waals surface area contributed by atoms with Crippen LogP contribution in [0.5, 0.6) is 0 Å². The minimum absolute atomic E-state index is 0.316. The quantitative estimate of drug-likeness (QED) is 0.565. The highest BCUT2D eigenvalue weighted by atomic mass is 79.9. The number of aromatic nitrogens is 4. The molecule has 3 heterocycles. The third-order valence-electron chi connectivity index (χ3n) is 3.50. The molecule has 0 unspecified atom stereocenters. The van der Waals surface area contributed by atoms with Crippen molar-refractivity contribution in [2.24, 2.45) is 0 Å². The van der Waals surface area contributed by atoms with Gasteiger partial charge in [-0.15, -0.1) is 0 Å². The third-order valence-corrected chi connectivity index (χ3v) is 4.27. The SMILES string of the molecule is Cc1cn2cc(-c3c(Br)c(F)cc4[nH]ncc34)ccc2n1. The van der Waals surface area contributed by atoms with Gasteiger partial charge in [-0.25, -0.2) is 9.37 Å². The molecule has 21 heavy (non-hydrogen) atoms. The van der Waals surface area contributed by atoms with Crippen LogP contribution in [0.25, 0.3) is 27.7 Å². The number of H-pyrrole nitrogens is 1. The van der Waals surface area contributed by atoms with Gasteiger partial charge in [0.15, 0.2) is 0 Å². The first-order valence-corrected chi connectivity index (χ1v) is 7.19. The molecule has 0 aliphatic carbocycles. The Balaban J connectivity index is 2.07. The second kappa shape index (κ2) is 4.39. The van der Waals surface area contributed by atoms with Crippen molar-refractivity contribution in [1.82, 2.24) is 19.6 Å². The van der Waals surface area contributed by atoms with E-state index in [-0.39, 0.29) is 5.82 Å². The number of imidazole rings is 1. The highest BCUT2D eigenvalue weighted by Gasteiger charge is 2.15. The highest BCUT2D eigenvalue weighted by Crippen LogP contribution is 2.36. The first kappa shape index (κ1) is 12.5. The molecule has 0 saturated heterocycles. The molecule has 0 aliphatic heterocycles. The van der Waals surface area contributed by atoms with Crippen molar-refractivity contribution in [2.45, 2.75) is 6.92 Å². The third kappa shape index (κ3) is 1.86. The van der Waals surface area contributed by atoms with E-state index in [0.29, 0.717) is 9.99 Å². The average molecular weight is 345 g/mol. The first-order chi connectivity index (χ1) is 10.1. The van der Waals surface area contributed by atoms with E-state index in [0.717, 1.165) is 27.9 Å². The summed E-state index contributed by atoms with van der Waals surface area (Å²) in [5, 5.41) is 7.69. The summed E-state index contributed by atoms with van der Waals surface area (Å²) in [6, 6.07) is 5.30. The Morgan fingerprint density at radius 3 is 3.00 bits per heavy atom. The second-order valence-corrected chi connectivity index (χ2v) is 5.74. The molecule has 4 nitrogen and oxygen atoms in total. The Bertz CT molecular complexity index is 986. The fourth-order valence-corrected chi connectivity index (χ4v) is 3.14. The van der Waals surface area contributed by atoms with E-state index in [9.17, 15) is 4.39 Å². The van der Waals surface area contributed by atoms with Gasteiger partial charge in [0.2, 0.25) is 0 Å². The van der Waals surface area contributed by atoms with Crippen LogP contribution in [0.3, 0.4) is 0 Å². The lowest BCUT2D eigenvalue weighted by molar-refractivity contribution is 0.623. The van der Waals surface area contributed by atoms with Crippen LogP contribution in [0.1, 0.15) is 5.69 Å². The van der Waals surface area contributed by atoms with Crippen LogP contribution in [-0.2, 0) is 0 Å². The Morgan fingerprint density at radius 2 is 2.14 bits per heavy atom. The maximum Gasteiger partial charge on any atom is 0.140 e. The summed E-state index contributed by atoms with van der Waals surface area (Å²) in [5.74, 6) is -0.316. The number of fused-ring (bicyclic) bond motifs is 2. The maximum absolute atomic E-state index is 14.1. The van der Waals surface area contributed by atoms with Crippen molar-refractivity contribution in [3.8, 4) is 11.1 Å². The summed E-state index contributed by atoms with van der Waals surface area (Å²) in [6.45, 7) is 1.94. The summed E-state index contributed by atoms with van der Waals surface area (Å²) in [6.07, 6.45) is 5.60. The van der Waals surface area contributed by atoms with E-state index < -0.39 is 0 Å². The summed E-state index contributed by atoms with van der Waals surface area (Å²) in [5.41, 5.74) is 4.17. The predicted molar refractivity (Wildman–Crippen MR) is 82.7 cm³/mol. The largest absolute Gasteiger partial charge is 0.306 e. The van der Waals surface area contributed by atoms with Crippen molar-refractivity contribution >= 4 is 32.5 Å². The predicted octanol–water partition coefficient (Wildman–Crippen LogP) is 4.09. The molecule has 0 bridgehead atoms. The zero-order valence-corrected chi connectivity index (χ0v) is 12.6. The van der Waals surface area contributed by atoms with E-state index >= 15 is 0 Å². The Kier molecular flexibility index (Phi) is 2.62. The molecule has 0 fully saturated rings. The molecular weight excluding hydrogens is 335 g/mol. The van der Waals surface area contributed by atoms with Crippen molar-refractivity contribution in [3.63, 3.8) is 0 Å². The van der Waals surface area contributed by atoms with Gasteiger partial charge in [-0.05, 0) is 35.0 Å². The van der Waals surface area contributed by atoms with Crippen LogP contribution < -0.4 is 0 Å². The van der Waals surface area contributed by atoms with Gasteiger partial charge in [-0.3, -0.25) is 5.10 Å². The van der Waals surface area contributed by atoms with Crippen LogP contribution in [0.2, 0.25) is 0 Å². The van der Waals surface area contributed by atoms with Crippen molar-refractivity contribution in [2.75, 3.05) is 0 Å². The number of rotatable bonds is 1. The van der Waals surface area contributed by atoms with Crippen molar-refractivity contribution < 1.29 is 4.39 Å². The molecule has 3 aromatic heterocycles. The Morgan fingerprint density at radius 1 is 1.29 bits per heavy atom. The fraction of sp³-hybridized carbons (Fsp3) is 0.0667. The van der Waals surface area contributed by atoms with Crippen LogP contribution in [-0.4, -0.2) is 19.6 Å². The van der Waals surface area contributed by atoms with Crippen LogP contribution >= 0.6 is 15.9 Å². The Labute approximate surface area is 127 Å². The smallest absolute Gasteiger partial charge is 0.140 e. The van der Waals surface area contributed by atoms with E-state index in [1.165, 1.54) is 6.07 Å². The zero-order valence-electron chi connectivity index (χ0n) is 11.1. The van der Waals surface area contributed by atoms with E-state index in [2.05, 4.69) is 31.1 Å². The second-order valence-electron chi connectivity index (χ2n) is 4.94. The van der Waals surface area contributed by atoms with Crippen LogP contribution in [0.4, 0.5) is 4.39 Å². The number of hydrogen-bond acceptors (Lipinski definition) is 2. The zero-order chi connectivity index (χ0) is 14.6. The number of aromatic amines is 1. The lowest BCUT2D eigenvalue weighted by atomic mass is 10.0. The highest BCUT2D eigenvalue weighted by molar-refractivity contribution is 9.10. The summed E-state index contributed by atoms with van der Waals surface area (Å²) >= 11 is 3.35. The van der Waals surface area contributed by atoms with E-state index in [1.54, 1.807) is 6.20 Å². The van der Waals surface area contributed by atoms with Gasteiger partial charge in [0.1, 0.15) is 11.5 Å². The molecule has 4 rings (SSSR count). The lowest BCUT2D eigenvalue weighted by Crippen LogP contribution is -1.90. The van der Waals surface area contributed by atoms with E-state index in [1.807, 2.05) is 35.9 Å². The maximum atomic E-state index is 14.1. The monoisotopic (exact) mass is 344 g/mol. The molecule has 6 heteroatoms. The first-order valence-electron chi connectivity index (χ1n) is 6.40. The van der Waals surface area contributed by atoms with Gasteiger partial charge >= 0.3 is 0 Å². The van der Waals surface area contributed by atoms with Gasteiger partial charge in [-0.2, -0.15) is 5.10 Å². The van der Waals surface area contributed by atoms with Crippen LogP contribution in [0, 0.1) is 12.7 Å². The molecule has 1 aromatic carbocycles. The van der Waals surface area contributed by atoms with Crippen LogP contribution in [0.15, 0.2) is 41.3 Å². The molecule has 0 amide bonds. The van der Waals surface area contributed by atoms with Gasteiger partial charge in [-0.1, -0.05) is 0 Å². The van der Waals surface area contributed by atoms with Gasteiger partial charge in [0.05, 0.1) is 21.9 Å². The average Bonchev–Trinajstić information content (AvgIpc) is 3.04. The molecule has 0 radical (unpaired) electrons. The molecular formula is C15H10BrFN4. The molecule has 1 N–H and O–H groups in total. The minimum Gasteiger partial charge on any atom is -0.306 e. The van der Waals surface area contributed by atoms with E-state index in [4.69, 9.17) is 0 Å². The summed E-state index contributed by atoms with van der Waals surface area (Å²) < 4.78 is 16.5. The number of nitrogens with zero attached hydrogens (tertiary/aromatic N) is 3. The summed E-state index contributed by atoms with van der Waals surface area (Å²) in [7, 11) is 0. The number of aryl methyl sites for hydroxylation is 1. The number of hydrogen-bond donors (Lipinski definition) is 1. The molecule has 4 aromatic rings. The molecule has 0 spiro atoms. The molecule has 0 aliphatic rings. The number of halogens is 2. The lowest BCUT2D eigenvalue weighted by Gasteiger charge is -2.08. The molecule has 0 saturated carbocycles. The number of nitrogens with one attached hydrogen (secondary N) is 1. The van der Waals surface area contributed by atoms with Crippen molar-refractivity contribution in [3.05, 3.63) is 52.8 Å². The number of benzene rings is 1. The van der Waals surface area contributed by atoms with Gasteiger partial charge in [0.25, 0.3) is 0 Å². The minimum atomic E-state index is -0.316. The van der Waals surface area contributed by atoms with Gasteiger partial charge < -0.3 is 4.40 Å². The molecule has 104 valence electrons. The van der Waals surface area contributed by atoms with Gasteiger partial charge in [0, 0.05) is 35.0 Å². The summed E-state index contributed by atoms with van der Waals surface area (Å²) in [4.78, 5) is 4.40. The topological polar surface area (TPSA) is 46.0 Å². The number of pyridine rings is 1. The standard InChI is InChI=1S/C15H10BrFN4/c1-8-6-21-7-9(2-3-13(21)19-8)14-10-5-18-20-12(10)4-11(17)15(14)16/h2-7H,1H3,(H,18,20). The van der Waals surface area contributed by atoms with Crippen molar-refractivity contribution in [1.29, 1.82) is 0 Å². The molecule has 0 atom stereocenters.